The van der Waals surface area contributed by atoms with Crippen LogP contribution < -0.4 is 5.32 Å². The summed E-state index contributed by atoms with van der Waals surface area (Å²) in [5.74, 6) is -0.371. The first-order valence-electron chi connectivity index (χ1n) is 7.12. The van der Waals surface area contributed by atoms with Gasteiger partial charge in [-0.05, 0) is 31.0 Å². The van der Waals surface area contributed by atoms with E-state index in [2.05, 4.69) is 5.32 Å². The number of nitro benzene ring substituents is 1. The highest BCUT2D eigenvalue weighted by atomic mass is 35.5. The minimum Gasteiger partial charge on any atom is -0.321 e. The van der Waals surface area contributed by atoms with Crippen molar-refractivity contribution in [2.45, 2.75) is 13.8 Å². The van der Waals surface area contributed by atoms with E-state index in [1.165, 1.54) is 6.07 Å². The van der Waals surface area contributed by atoms with Crippen LogP contribution in [-0.4, -0.2) is 10.8 Å². The second kappa shape index (κ2) is 6.22. The van der Waals surface area contributed by atoms with Gasteiger partial charge in [0.1, 0.15) is 9.58 Å². The highest BCUT2D eigenvalue weighted by molar-refractivity contribution is 7.22. The first-order valence-corrected chi connectivity index (χ1v) is 8.32. The van der Waals surface area contributed by atoms with E-state index in [1.807, 2.05) is 32.0 Å². The van der Waals surface area contributed by atoms with Crippen molar-refractivity contribution in [3.63, 3.8) is 0 Å². The molecule has 0 atom stereocenters. The molecule has 0 saturated heterocycles. The normalized spacial score (nSPS) is 10.8. The average molecular weight is 361 g/mol. The number of rotatable bonds is 3. The zero-order valence-electron chi connectivity index (χ0n) is 12.9. The number of anilines is 1. The molecule has 1 aromatic heterocycles. The molecule has 0 aliphatic carbocycles. The SMILES string of the molecule is Cc1ccc(C)c(NC(=O)c2sc3c([N+](=O)[O-])cccc3c2Cl)c1. The lowest BCUT2D eigenvalue weighted by molar-refractivity contribution is -0.382. The fourth-order valence-corrected chi connectivity index (χ4v) is 3.90. The summed E-state index contributed by atoms with van der Waals surface area (Å²) in [6, 6.07) is 10.4. The number of benzene rings is 2. The molecule has 0 spiro atoms. The van der Waals surface area contributed by atoms with Crippen LogP contribution in [0, 0.1) is 24.0 Å². The van der Waals surface area contributed by atoms with Crippen LogP contribution in [0.1, 0.15) is 20.8 Å². The number of carbonyl (C=O) groups excluding carboxylic acids is 1. The van der Waals surface area contributed by atoms with Crippen LogP contribution in [0.4, 0.5) is 11.4 Å². The van der Waals surface area contributed by atoms with Crippen molar-refractivity contribution in [2.75, 3.05) is 5.32 Å². The Balaban J connectivity index is 2.04. The van der Waals surface area contributed by atoms with Crippen LogP contribution in [0.15, 0.2) is 36.4 Å². The molecule has 24 heavy (non-hydrogen) atoms. The van der Waals surface area contributed by atoms with Crippen LogP contribution >= 0.6 is 22.9 Å². The van der Waals surface area contributed by atoms with Crippen molar-refractivity contribution in [3.8, 4) is 0 Å². The Bertz CT molecular complexity index is 981. The summed E-state index contributed by atoms with van der Waals surface area (Å²) in [6.45, 7) is 3.83. The van der Waals surface area contributed by atoms with Crippen LogP contribution in [-0.2, 0) is 0 Å². The van der Waals surface area contributed by atoms with Crippen molar-refractivity contribution in [1.82, 2.24) is 0 Å². The average Bonchev–Trinajstić information content (AvgIpc) is 2.88. The minimum absolute atomic E-state index is 0.0508. The van der Waals surface area contributed by atoms with Gasteiger partial charge >= 0.3 is 0 Å². The Labute approximate surface area is 147 Å². The Morgan fingerprint density at radius 2 is 2.00 bits per heavy atom. The van der Waals surface area contributed by atoms with Gasteiger partial charge in [0.2, 0.25) is 0 Å². The molecule has 2 aromatic carbocycles. The highest BCUT2D eigenvalue weighted by Crippen LogP contribution is 2.40. The zero-order valence-corrected chi connectivity index (χ0v) is 14.5. The van der Waals surface area contributed by atoms with E-state index in [0.717, 1.165) is 22.5 Å². The van der Waals surface area contributed by atoms with Crippen molar-refractivity contribution in [2.24, 2.45) is 0 Å². The van der Waals surface area contributed by atoms with Gasteiger partial charge in [-0.15, -0.1) is 11.3 Å². The number of amides is 1. The Hall–Kier alpha value is -2.44. The molecule has 1 N–H and O–H groups in total. The molecule has 0 aliphatic rings. The predicted molar refractivity (Wildman–Crippen MR) is 97.4 cm³/mol. The zero-order chi connectivity index (χ0) is 17.4. The third kappa shape index (κ3) is 2.86. The minimum atomic E-state index is -0.471. The molecule has 0 aliphatic heterocycles. The molecule has 0 fully saturated rings. The summed E-state index contributed by atoms with van der Waals surface area (Å²) in [6.07, 6.45) is 0. The lowest BCUT2D eigenvalue weighted by Crippen LogP contribution is -2.11. The van der Waals surface area contributed by atoms with Gasteiger partial charge in [0, 0.05) is 17.1 Å². The lowest BCUT2D eigenvalue weighted by Gasteiger charge is -2.08. The van der Waals surface area contributed by atoms with Crippen LogP contribution in [0.3, 0.4) is 0 Å². The number of carbonyl (C=O) groups is 1. The van der Waals surface area contributed by atoms with Crippen LogP contribution in [0.2, 0.25) is 5.02 Å². The fourth-order valence-electron chi connectivity index (χ4n) is 2.41. The molecule has 0 saturated carbocycles. The van der Waals surface area contributed by atoms with Crippen molar-refractivity contribution < 1.29 is 9.72 Å². The van der Waals surface area contributed by atoms with Crippen LogP contribution in [0.5, 0.6) is 0 Å². The monoisotopic (exact) mass is 360 g/mol. The second-order valence-corrected chi connectivity index (χ2v) is 6.83. The molecule has 1 heterocycles. The van der Waals surface area contributed by atoms with E-state index < -0.39 is 4.92 Å². The Kier molecular flexibility index (Phi) is 4.26. The molecule has 3 rings (SSSR count). The molecule has 0 unspecified atom stereocenters. The number of fused-ring (bicyclic) bond motifs is 1. The molecule has 122 valence electrons. The molecular formula is C17H13ClN2O3S. The van der Waals surface area contributed by atoms with Gasteiger partial charge in [-0.3, -0.25) is 14.9 Å². The Morgan fingerprint density at radius 1 is 1.25 bits per heavy atom. The number of nitrogens with one attached hydrogen (secondary N) is 1. The molecule has 0 radical (unpaired) electrons. The molecular weight excluding hydrogens is 348 g/mol. The van der Waals surface area contributed by atoms with Gasteiger partial charge in [-0.2, -0.15) is 0 Å². The summed E-state index contributed by atoms with van der Waals surface area (Å²) < 4.78 is 0.401. The summed E-state index contributed by atoms with van der Waals surface area (Å²) in [4.78, 5) is 23.5. The summed E-state index contributed by atoms with van der Waals surface area (Å²) in [5, 5.41) is 14.7. The molecule has 0 bridgehead atoms. The topological polar surface area (TPSA) is 72.2 Å². The predicted octanol–water partition coefficient (Wildman–Crippen LogP) is 5.33. The number of aryl methyl sites for hydroxylation is 2. The van der Waals surface area contributed by atoms with Crippen molar-refractivity contribution in [3.05, 3.63) is 67.5 Å². The number of thiophene rings is 1. The van der Waals surface area contributed by atoms with E-state index in [0.29, 0.717) is 15.8 Å². The Morgan fingerprint density at radius 3 is 2.71 bits per heavy atom. The van der Waals surface area contributed by atoms with Gasteiger partial charge in [-0.25, -0.2) is 0 Å². The quantitative estimate of drug-likeness (QED) is 0.506. The van der Waals surface area contributed by atoms with Gasteiger partial charge in [-0.1, -0.05) is 35.9 Å². The summed E-state index contributed by atoms with van der Waals surface area (Å²) in [7, 11) is 0. The van der Waals surface area contributed by atoms with Gasteiger partial charge in [0.15, 0.2) is 0 Å². The van der Waals surface area contributed by atoms with Crippen LogP contribution in [0.25, 0.3) is 10.1 Å². The number of non-ortho nitro benzene ring substituents is 1. The fraction of sp³-hybridized carbons (Fsp3) is 0.118. The lowest BCUT2D eigenvalue weighted by atomic mass is 10.1. The standard InChI is InChI=1S/C17H13ClN2O3S/c1-9-6-7-10(2)12(8-9)19-17(21)16-14(18)11-4-3-5-13(20(22)23)15(11)24-16/h3-8H,1-2H3,(H,19,21). The maximum absolute atomic E-state index is 12.6. The van der Waals surface area contributed by atoms with E-state index in [9.17, 15) is 14.9 Å². The highest BCUT2D eigenvalue weighted by Gasteiger charge is 2.23. The number of hydrogen-bond donors (Lipinski definition) is 1. The molecule has 3 aromatic rings. The van der Waals surface area contributed by atoms with E-state index in [1.54, 1.807) is 12.1 Å². The number of nitro groups is 1. The first-order chi connectivity index (χ1) is 11.4. The molecule has 5 nitrogen and oxygen atoms in total. The second-order valence-electron chi connectivity index (χ2n) is 5.43. The third-order valence-electron chi connectivity index (χ3n) is 3.68. The molecule has 7 heteroatoms. The van der Waals surface area contributed by atoms with Crippen molar-refractivity contribution in [1.29, 1.82) is 0 Å². The summed E-state index contributed by atoms with van der Waals surface area (Å²) >= 11 is 7.32. The smallest absolute Gasteiger partial charge is 0.287 e. The number of halogens is 1. The maximum atomic E-state index is 12.6. The summed E-state index contributed by atoms with van der Waals surface area (Å²) in [5.41, 5.74) is 2.60. The molecule has 1 amide bonds. The van der Waals surface area contributed by atoms with E-state index in [-0.39, 0.29) is 21.5 Å². The van der Waals surface area contributed by atoms with Gasteiger partial charge in [0.05, 0.1) is 9.95 Å². The van der Waals surface area contributed by atoms with Gasteiger partial charge in [0.25, 0.3) is 11.6 Å². The maximum Gasteiger partial charge on any atom is 0.287 e. The largest absolute Gasteiger partial charge is 0.321 e. The first kappa shape index (κ1) is 16.4. The van der Waals surface area contributed by atoms with E-state index >= 15 is 0 Å². The van der Waals surface area contributed by atoms with Crippen molar-refractivity contribution >= 4 is 50.3 Å². The van der Waals surface area contributed by atoms with Gasteiger partial charge < -0.3 is 5.32 Å². The van der Waals surface area contributed by atoms with E-state index in [4.69, 9.17) is 11.6 Å². The number of hydrogen-bond acceptors (Lipinski definition) is 4. The third-order valence-corrected chi connectivity index (χ3v) is 5.41. The number of nitrogens with zero attached hydrogens (tertiary/aromatic N) is 1.